The summed E-state index contributed by atoms with van der Waals surface area (Å²) in [6.07, 6.45) is 0. The summed E-state index contributed by atoms with van der Waals surface area (Å²) in [4.78, 5) is 24.1. The number of nitrogens with one attached hydrogen (secondary N) is 1. The number of ether oxygens (including phenoxy) is 1. The lowest BCUT2D eigenvalue weighted by molar-refractivity contribution is -0.129. The highest BCUT2D eigenvalue weighted by Crippen LogP contribution is 2.12. The second-order valence-corrected chi connectivity index (χ2v) is 3.91. The van der Waals surface area contributed by atoms with Gasteiger partial charge >= 0.3 is 6.03 Å². The number of nitrogens with two attached hydrogens (primary N) is 1. The van der Waals surface area contributed by atoms with Crippen LogP contribution in [0.15, 0.2) is 24.3 Å². The summed E-state index contributed by atoms with van der Waals surface area (Å²) >= 11 is 0. The van der Waals surface area contributed by atoms with E-state index in [0.29, 0.717) is 25.4 Å². The molecule has 0 unspecified atom stereocenters. The Bertz CT molecular complexity index is 444. The van der Waals surface area contributed by atoms with Gasteiger partial charge in [-0.05, 0) is 17.7 Å². The van der Waals surface area contributed by atoms with E-state index in [9.17, 15) is 9.59 Å². The van der Waals surface area contributed by atoms with Crippen molar-refractivity contribution >= 4 is 11.9 Å². The number of carbonyl (C=O) groups is 2. The Kier molecular flexibility index (Phi) is 3.78. The first kappa shape index (κ1) is 12.4. The maximum atomic E-state index is 11.7. The summed E-state index contributed by atoms with van der Waals surface area (Å²) in [7, 11) is 0. The number of amides is 3. The van der Waals surface area contributed by atoms with Gasteiger partial charge in [-0.25, -0.2) is 4.79 Å². The first-order valence-corrected chi connectivity index (χ1v) is 5.70. The number of carbonyl (C=O) groups excluding carboxylic acids is 2. The van der Waals surface area contributed by atoms with Crippen LogP contribution in [0.3, 0.4) is 0 Å². The first-order valence-electron chi connectivity index (χ1n) is 5.70. The first-order chi connectivity index (χ1) is 8.70. The topological polar surface area (TPSA) is 84.7 Å². The quantitative estimate of drug-likeness (QED) is 0.791. The molecule has 2 rings (SSSR count). The fourth-order valence-electron chi connectivity index (χ4n) is 1.65. The van der Waals surface area contributed by atoms with Crippen molar-refractivity contribution in [3.8, 4) is 5.75 Å². The Balaban J connectivity index is 1.86. The molecule has 3 amide bonds. The Hall–Kier alpha value is -2.08. The van der Waals surface area contributed by atoms with Gasteiger partial charge in [-0.2, -0.15) is 0 Å². The smallest absolute Gasteiger partial charge is 0.324 e. The van der Waals surface area contributed by atoms with Gasteiger partial charge in [0.15, 0.2) is 6.61 Å². The van der Waals surface area contributed by atoms with E-state index in [4.69, 9.17) is 10.5 Å². The molecule has 0 saturated carbocycles. The molecule has 0 radical (unpaired) electrons. The third-order valence-corrected chi connectivity index (χ3v) is 2.68. The fourth-order valence-corrected chi connectivity index (χ4v) is 1.65. The van der Waals surface area contributed by atoms with Crippen LogP contribution < -0.4 is 15.8 Å². The highest BCUT2D eigenvalue weighted by Gasteiger charge is 2.26. The maximum Gasteiger partial charge on any atom is 0.324 e. The number of benzene rings is 1. The van der Waals surface area contributed by atoms with Crippen LogP contribution >= 0.6 is 0 Å². The van der Waals surface area contributed by atoms with Gasteiger partial charge in [-0.15, -0.1) is 0 Å². The molecule has 1 aromatic carbocycles. The highest BCUT2D eigenvalue weighted by molar-refractivity contribution is 5.96. The van der Waals surface area contributed by atoms with Gasteiger partial charge in [-0.3, -0.25) is 9.69 Å². The van der Waals surface area contributed by atoms with Crippen LogP contribution in [0.1, 0.15) is 5.56 Å². The predicted molar refractivity (Wildman–Crippen MR) is 64.9 cm³/mol. The summed E-state index contributed by atoms with van der Waals surface area (Å²) < 4.78 is 5.32. The molecule has 1 fully saturated rings. The van der Waals surface area contributed by atoms with Crippen LogP contribution in [0.5, 0.6) is 5.75 Å². The molecule has 96 valence electrons. The van der Waals surface area contributed by atoms with Crippen molar-refractivity contribution in [3.63, 3.8) is 0 Å². The SMILES string of the molecule is NCc1ccc(OCC(=O)N2CCNC2=O)cc1. The second kappa shape index (κ2) is 5.50. The van der Waals surface area contributed by atoms with Crippen LogP contribution in [0.4, 0.5) is 4.79 Å². The van der Waals surface area contributed by atoms with Crippen molar-refractivity contribution < 1.29 is 14.3 Å². The molecule has 18 heavy (non-hydrogen) atoms. The molecule has 0 aliphatic carbocycles. The number of rotatable bonds is 4. The number of imide groups is 1. The minimum atomic E-state index is -0.359. The number of urea groups is 1. The lowest BCUT2D eigenvalue weighted by atomic mass is 10.2. The van der Waals surface area contributed by atoms with Crippen LogP contribution in [0.2, 0.25) is 0 Å². The molecular formula is C12H15N3O3. The molecule has 0 aromatic heterocycles. The van der Waals surface area contributed by atoms with Gasteiger partial charge < -0.3 is 15.8 Å². The van der Waals surface area contributed by atoms with Gasteiger partial charge in [0.1, 0.15) is 5.75 Å². The van der Waals surface area contributed by atoms with Gasteiger partial charge in [0.2, 0.25) is 0 Å². The normalized spacial score (nSPS) is 14.5. The number of hydrogen-bond acceptors (Lipinski definition) is 4. The molecule has 1 heterocycles. The summed E-state index contributed by atoms with van der Waals surface area (Å²) in [5.41, 5.74) is 6.47. The molecule has 1 aromatic rings. The van der Waals surface area contributed by atoms with Crippen LogP contribution in [-0.2, 0) is 11.3 Å². The zero-order valence-electron chi connectivity index (χ0n) is 9.89. The van der Waals surface area contributed by atoms with Gasteiger partial charge in [0.05, 0.1) is 0 Å². The Morgan fingerprint density at radius 1 is 1.39 bits per heavy atom. The van der Waals surface area contributed by atoms with Crippen molar-refractivity contribution in [3.05, 3.63) is 29.8 Å². The lowest BCUT2D eigenvalue weighted by Gasteiger charge is -2.12. The highest BCUT2D eigenvalue weighted by atomic mass is 16.5. The predicted octanol–water partition coefficient (Wildman–Crippen LogP) is 0.0759. The van der Waals surface area contributed by atoms with Crippen LogP contribution in [0.25, 0.3) is 0 Å². The fraction of sp³-hybridized carbons (Fsp3) is 0.333. The van der Waals surface area contributed by atoms with Crippen molar-refractivity contribution in [2.24, 2.45) is 5.73 Å². The van der Waals surface area contributed by atoms with Gasteiger partial charge in [-0.1, -0.05) is 12.1 Å². The minimum Gasteiger partial charge on any atom is -0.484 e. The lowest BCUT2D eigenvalue weighted by Crippen LogP contribution is -2.37. The van der Waals surface area contributed by atoms with E-state index < -0.39 is 0 Å². The van der Waals surface area contributed by atoms with E-state index >= 15 is 0 Å². The zero-order chi connectivity index (χ0) is 13.0. The monoisotopic (exact) mass is 249 g/mol. The molecule has 1 aliphatic rings. The average Bonchev–Trinajstić information content (AvgIpc) is 2.83. The van der Waals surface area contributed by atoms with Crippen molar-refractivity contribution in [2.45, 2.75) is 6.54 Å². The molecule has 6 heteroatoms. The Morgan fingerprint density at radius 3 is 2.67 bits per heavy atom. The maximum absolute atomic E-state index is 11.7. The van der Waals surface area contributed by atoms with E-state index in [1.165, 1.54) is 0 Å². The van der Waals surface area contributed by atoms with Crippen LogP contribution in [-0.4, -0.2) is 36.5 Å². The van der Waals surface area contributed by atoms with E-state index in [2.05, 4.69) is 5.32 Å². The summed E-state index contributed by atoms with van der Waals surface area (Å²) in [6, 6.07) is 6.81. The van der Waals surface area contributed by atoms with Crippen molar-refractivity contribution in [1.82, 2.24) is 10.2 Å². The molecule has 0 atom stereocenters. The molecular weight excluding hydrogens is 234 g/mol. The van der Waals surface area contributed by atoms with E-state index in [-0.39, 0.29) is 18.5 Å². The van der Waals surface area contributed by atoms with E-state index in [1.807, 2.05) is 12.1 Å². The van der Waals surface area contributed by atoms with Crippen molar-refractivity contribution in [2.75, 3.05) is 19.7 Å². The molecule has 0 bridgehead atoms. The second-order valence-electron chi connectivity index (χ2n) is 3.91. The third kappa shape index (κ3) is 2.78. The van der Waals surface area contributed by atoms with Crippen molar-refractivity contribution in [1.29, 1.82) is 0 Å². The minimum absolute atomic E-state index is 0.143. The Morgan fingerprint density at radius 2 is 2.11 bits per heavy atom. The number of nitrogens with zero attached hydrogens (tertiary/aromatic N) is 1. The standard InChI is InChI=1S/C12H15N3O3/c13-7-9-1-3-10(4-2-9)18-8-11(16)15-6-5-14-12(15)17/h1-4H,5-8,13H2,(H,14,17). The summed E-state index contributed by atoms with van der Waals surface area (Å²) in [6.45, 7) is 1.21. The summed E-state index contributed by atoms with van der Waals surface area (Å²) in [5.74, 6) is 0.244. The van der Waals surface area contributed by atoms with Gasteiger partial charge in [0.25, 0.3) is 5.91 Å². The Labute approximate surface area is 105 Å². The number of hydrogen-bond donors (Lipinski definition) is 2. The molecule has 1 saturated heterocycles. The summed E-state index contributed by atoms with van der Waals surface area (Å²) in [5, 5.41) is 2.56. The van der Waals surface area contributed by atoms with E-state index in [0.717, 1.165) is 10.5 Å². The van der Waals surface area contributed by atoms with Crippen LogP contribution in [0, 0.1) is 0 Å². The van der Waals surface area contributed by atoms with E-state index in [1.54, 1.807) is 12.1 Å². The molecule has 1 aliphatic heterocycles. The third-order valence-electron chi connectivity index (χ3n) is 2.68. The van der Waals surface area contributed by atoms with Gasteiger partial charge in [0, 0.05) is 19.6 Å². The molecule has 3 N–H and O–H groups in total. The molecule has 6 nitrogen and oxygen atoms in total. The zero-order valence-corrected chi connectivity index (χ0v) is 9.89. The average molecular weight is 249 g/mol. The molecule has 0 spiro atoms. The largest absolute Gasteiger partial charge is 0.484 e.